The van der Waals surface area contributed by atoms with E-state index in [4.69, 9.17) is 10.8 Å². The third kappa shape index (κ3) is 2.28. The highest BCUT2D eigenvalue weighted by Gasteiger charge is 2.13. The molecule has 0 saturated carbocycles. The summed E-state index contributed by atoms with van der Waals surface area (Å²) in [6.07, 6.45) is 1.25. The van der Waals surface area contributed by atoms with Gasteiger partial charge in [-0.1, -0.05) is 12.1 Å². The molecule has 0 bridgehead atoms. The number of carboxylic acid groups (broad SMARTS) is 1. The lowest BCUT2D eigenvalue weighted by molar-refractivity contribution is -0.121. The maximum Gasteiger partial charge on any atom is 0.358 e. The monoisotopic (exact) mass is 198 g/mol. The third-order valence-corrected chi connectivity index (χ3v) is 1.70. The van der Waals surface area contributed by atoms with Gasteiger partial charge in [-0.3, -0.25) is 9.48 Å². The topological polar surface area (TPSA) is 111 Å². The van der Waals surface area contributed by atoms with Crippen LogP contribution in [0.3, 0.4) is 0 Å². The third-order valence-electron chi connectivity index (χ3n) is 1.70. The van der Waals surface area contributed by atoms with Crippen molar-refractivity contribution in [1.82, 2.24) is 15.0 Å². The van der Waals surface area contributed by atoms with E-state index in [1.807, 2.05) is 0 Å². The smallest absolute Gasteiger partial charge is 0.358 e. The number of carboxylic acids is 1. The molecule has 3 N–H and O–H groups in total. The van der Waals surface area contributed by atoms with Crippen LogP contribution in [-0.2, 0) is 11.3 Å². The first kappa shape index (κ1) is 10.2. The van der Waals surface area contributed by atoms with Gasteiger partial charge in [0.05, 0.1) is 18.7 Å². The highest BCUT2D eigenvalue weighted by atomic mass is 16.4. The average molecular weight is 198 g/mol. The van der Waals surface area contributed by atoms with Crippen LogP contribution >= 0.6 is 0 Å². The van der Waals surface area contributed by atoms with Crippen LogP contribution in [0, 0.1) is 5.92 Å². The number of carbonyl (C=O) groups is 2. The maximum atomic E-state index is 10.7. The van der Waals surface area contributed by atoms with Gasteiger partial charge in [0, 0.05) is 0 Å². The first-order valence-electron chi connectivity index (χ1n) is 3.93. The van der Waals surface area contributed by atoms with Crippen LogP contribution < -0.4 is 5.73 Å². The van der Waals surface area contributed by atoms with Crippen molar-refractivity contribution in [2.45, 2.75) is 13.5 Å². The molecule has 7 nitrogen and oxygen atoms in total. The molecule has 0 aliphatic carbocycles. The van der Waals surface area contributed by atoms with Crippen molar-refractivity contribution in [2.24, 2.45) is 11.7 Å². The Hall–Kier alpha value is -1.92. The molecule has 1 unspecified atom stereocenters. The molecule has 0 radical (unpaired) electrons. The fourth-order valence-electron chi connectivity index (χ4n) is 0.856. The molecule has 0 aliphatic heterocycles. The second kappa shape index (κ2) is 3.86. The van der Waals surface area contributed by atoms with E-state index in [1.165, 1.54) is 10.9 Å². The van der Waals surface area contributed by atoms with E-state index in [9.17, 15) is 9.59 Å². The number of carbonyl (C=O) groups excluding carboxylic acids is 1. The number of hydrogen-bond donors (Lipinski definition) is 2. The van der Waals surface area contributed by atoms with Crippen LogP contribution in [0.15, 0.2) is 6.20 Å². The molecule has 0 fully saturated rings. The zero-order chi connectivity index (χ0) is 10.7. The van der Waals surface area contributed by atoms with Crippen molar-refractivity contribution >= 4 is 11.9 Å². The van der Waals surface area contributed by atoms with Crippen LogP contribution in [0.25, 0.3) is 0 Å². The van der Waals surface area contributed by atoms with E-state index in [2.05, 4.69) is 10.3 Å². The van der Waals surface area contributed by atoms with Crippen LogP contribution in [0.5, 0.6) is 0 Å². The number of primary amides is 1. The van der Waals surface area contributed by atoms with Gasteiger partial charge in [-0.2, -0.15) is 0 Å². The Balaban J connectivity index is 2.69. The molecule has 1 amide bonds. The average Bonchev–Trinajstić information content (AvgIpc) is 2.52. The zero-order valence-corrected chi connectivity index (χ0v) is 7.54. The molecule has 1 rings (SSSR count). The van der Waals surface area contributed by atoms with Crippen LogP contribution in [0.2, 0.25) is 0 Å². The fourth-order valence-corrected chi connectivity index (χ4v) is 0.856. The minimum Gasteiger partial charge on any atom is -0.476 e. The van der Waals surface area contributed by atoms with Crippen molar-refractivity contribution in [1.29, 1.82) is 0 Å². The summed E-state index contributed by atoms with van der Waals surface area (Å²) in [4.78, 5) is 21.1. The molecular formula is C7H10N4O3. The number of aromatic carboxylic acids is 1. The van der Waals surface area contributed by atoms with Crippen LogP contribution in [-0.4, -0.2) is 32.0 Å². The molecule has 0 aromatic carbocycles. The molecule has 0 saturated heterocycles. The lowest BCUT2D eigenvalue weighted by atomic mass is 10.2. The Labute approximate surface area is 79.5 Å². The molecule has 0 aliphatic rings. The van der Waals surface area contributed by atoms with E-state index in [0.717, 1.165) is 0 Å². The summed E-state index contributed by atoms with van der Waals surface area (Å²) in [5, 5.41) is 15.5. The van der Waals surface area contributed by atoms with Crippen molar-refractivity contribution < 1.29 is 14.7 Å². The van der Waals surface area contributed by atoms with E-state index >= 15 is 0 Å². The summed E-state index contributed by atoms with van der Waals surface area (Å²) in [5.41, 5.74) is 4.88. The minimum absolute atomic E-state index is 0.151. The quantitative estimate of drug-likeness (QED) is 0.651. The van der Waals surface area contributed by atoms with Gasteiger partial charge in [0.15, 0.2) is 5.69 Å². The van der Waals surface area contributed by atoms with E-state index in [1.54, 1.807) is 6.92 Å². The van der Waals surface area contributed by atoms with Crippen molar-refractivity contribution in [3.63, 3.8) is 0 Å². The Bertz CT molecular complexity index is 360. The van der Waals surface area contributed by atoms with Gasteiger partial charge in [-0.25, -0.2) is 4.79 Å². The van der Waals surface area contributed by atoms with Crippen molar-refractivity contribution in [2.75, 3.05) is 0 Å². The first-order chi connectivity index (χ1) is 6.50. The molecule has 0 spiro atoms. The Kier molecular flexibility index (Phi) is 2.80. The molecule has 1 aromatic rings. The number of nitrogens with zero attached hydrogens (tertiary/aromatic N) is 3. The second-order valence-corrected chi connectivity index (χ2v) is 2.93. The molecule has 1 atom stereocenters. The predicted molar refractivity (Wildman–Crippen MR) is 45.3 cm³/mol. The number of amides is 1. The summed E-state index contributed by atoms with van der Waals surface area (Å²) in [7, 11) is 0. The van der Waals surface area contributed by atoms with Gasteiger partial charge in [0.25, 0.3) is 0 Å². The SMILES string of the molecule is CC(Cn1cc(C(=O)O)nn1)C(N)=O. The molecule has 1 aromatic heterocycles. The maximum absolute atomic E-state index is 10.7. The standard InChI is InChI=1S/C7H10N4O3/c1-4(6(8)12)2-11-3-5(7(13)14)9-10-11/h3-4H,2H2,1H3,(H2,8,12)(H,13,14). The van der Waals surface area contributed by atoms with E-state index in [-0.39, 0.29) is 12.2 Å². The largest absolute Gasteiger partial charge is 0.476 e. The highest BCUT2D eigenvalue weighted by Crippen LogP contribution is 1.99. The lowest BCUT2D eigenvalue weighted by Gasteiger charge is -2.04. The minimum atomic E-state index is -1.15. The zero-order valence-electron chi connectivity index (χ0n) is 7.54. The van der Waals surface area contributed by atoms with Gasteiger partial charge in [-0.05, 0) is 0 Å². The van der Waals surface area contributed by atoms with Crippen molar-refractivity contribution in [3.05, 3.63) is 11.9 Å². The summed E-state index contributed by atoms with van der Waals surface area (Å²) in [6, 6.07) is 0. The van der Waals surface area contributed by atoms with Crippen molar-refractivity contribution in [3.8, 4) is 0 Å². The van der Waals surface area contributed by atoms with Gasteiger partial charge >= 0.3 is 5.97 Å². The van der Waals surface area contributed by atoms with E-state index < -0.39 is 17.8 Å². The molecular weight excluding hydrogens is 188 g/mol. The van der Waals surface area contributed by atoms with Gasteiger partial charge in [0.2, 0.25) is 5.91 Å². The fraction of sp³-hybridized carbons (Fsp3) is 0.429. The van der Waals surface area contributed by atoms with Gasteiger partial charge in [-0.15, -0.1) is 5.10 Å². The predicted octanol–water partition coefficient (Wildman–Crippen LogP) is -0.902. The Morgan fingerprint density at radius 3 is 2.79 bits per heavy atom. The molecule has 76 valence electrons. The summed E-state index contributed by atoms with van der Waals surface area (Å²) >= 11 is 0. The summed E-state index contributed by atoms with van der Waals surface area (Å²) in [6.45, 7) is 1.86. The number of aromatic nitrogens is 3. The number of hydrogen-bond acceptors (Lipinski definition) is 4. The Morgan fingerprint density at radius 2 is 2.36 bits per heavy atom. The molecule has 1 heterocycles. The normalized spacial score (nSPS) is 12.4. The van der Waals surface area contributed by atoms with Gasteiger partial charge in [0.1, 0.15) is 0 Å². The second-order valence-electron chi connectivity index (χ2n) is 2.93. The molecule has 14 heavy (non-hydrogen) atoms. The summed E-state index contributed by atoms with van der Waals surface area (Å²) < 4.78 is 1.28. The number of nitrogens with two attached hydrogens (primary N) is 1. The van der Waals surface area contributed by atoms with Gasteiger partial charge < -0.3 is 10.8 Å². The highest BCUT2D eigenvalue weighted by molar-refractivity contribution is 5.84. The number of rotatable bonds is 4. The van der Waals surface area contributed by atoms with E-state index in [0.29, 0.717) is 0 Å². The van der Waals surface area contributed by atoms with Crippen LogP contribution in [0.1, 0.15) is 17.4 Å². The summed E-state index contributed by atoms with van der Waals surface area (Å²) in [5.74, 6) is -2.02. The lowest BCUT2D eigenvalue weighted by Crippen LogP contribution is -2.24. The first-order valence-corrected chi connectivity index (χ1v) is 3.93. The molecule has 7 heteroatoms. The Morgan fingerprint density at radius 1 is 1.71 bits per heavy atom. The van der Waals surface area contributed by atoms with Crippen LogP contribution in [0.4, 0.5) is 0 Å².